The first kappa shape index (κ1) is 14.5. The molecular formula is C13H13BrN2O4S. The molecule has 1 N–H and O–H groups in total. The maximum Gasteiger partial charge on any atom is 0.269 e. The van der Waals surface area contributed by atoms with Crippen molar-refractivity contribution in [1.82, 2.24) is 9.62 Å². The molecule has 112 valence electrons. The van der Waals surface area contributed by atoms with E-state index in [2.05, 4.69) is 21.2 Å². The van der Waals surface area contributed by atoms with Gasteiger partial charge in [-0.05, 0) is 31.4 Å². The summed E-state index contributed by atoms with van der Waals surface area (Å²) < 4.78 is 25.8. The monoisotopic (exact) mass is 372 g/mol. The molecule has 1 aromatic carbocycles. The molecular weight excluding hydrogens is 360 g/mol. The lowest BCUT2D eigenvalue weighted by Crippen LogP contribution is -2.49. The molecule has 2 amide bonds. The van der Waals surface area contributed by atoms with Gasteiger partial charge >= 0.3 is 0 Å². The van der Waals surface area contributed by atoms with Crippen LogP contribution in [0.5, 0.6) is 0 Å². The van der Waals surface area contributed by atoms with Crippen molar-refractivity contribution in [3.63, 3.8) is 0 Å². The molecule has 0 aromatic heterocycles. The Balaban J connectivity index is 2.04. The van der Waals surface area contributed by atoms with Crippen LogP contribution in [0.15, 0.2) is 29.2 Å². The molecule has 1 aromatic rings. The number of halogens is 1. The van der Waals surface area contributed by atoms with Crippen LogP contribution in [0.25, 0.3) is 0 Å². The molecule has 0 radical (unpaired) electrons. The maximum absolute atomic E-state index is 12.5. The lowest BCUT2D eigenvalue weighted by Gasteiger charge is -2.24. The van der Waals surface area contributed by atoms with Gasteiger partial charge < -0.3 is 5.32 Å². The fraction of sp³-hybridized carbons (Fsp3) is 0.385. The van der Waals surface area contributed by atoms with Gasteiger partial charge in [0.15, 0.2) is 0 Å². The summed E-state index contributed by atoms with van der Waals surface area (Å²) in [7, 11) is -3.95. The topological polar surface area (TPSA) is 83.6 Å². The first-order chi connectivity index (χ1) is 9.93. The standard InChI is InChI=1S/C13H13BrN2O4S/c14-11-7-3-5-9(12(17)15-11)16-13(18)8-4-1-2-6-10(8)21(16,19)20/h1-2,4,6,9,11H,3,5,7H2,(H,15,17). The van der Waals surface area contributed by atoms with Crippen LogP contribution in [-0.4, -0.2) is 35.5 Å². The second-order valence-electron chi connectivity index (χ2n) is 5.03. The van der Waals surface area contributed by atoms with Crippen molar-refractivity contribution < 1.29 is 18.0 Å². The SMILES string of the molecule is O=C1NC(Br)CCCC1N1C(=O)c2ccccc2S1(=O)=O. The first-order valence-electron chi connectivity index (χ1n) is 6.55. The van der Waals surface area contributed by atoms with E-state index in [1.807, 2.05) is 0 Å². The largest absolute Gasteiger partial charge is 0.342 e. The van der Waals surface area contributed by atoms with E-state index in [-0.39, 0.29) is 15.4 Å². The molecule has 2 aliphatic heterocycles. The van der Waals surface area contributed by atoms with Crippen molar-refractivity contribution in [1.29, 1.82) is 0 Å². The average Bonchev–Trinajstić information content (AvgIpc) is 2.54. The van der Waals surface area contributed by atoms with Crippen molar-refractivity contribution in [2.75, 3.05) is 0 Å². The normalized spacial score (nSPS) is 28.0. The highest BCUT2D eigenvalue weighted by Gasteiger charge is 2.47. The van der Waals surface area contributed by atoms with Gasteiger partial charge in [0.25, 0.3) is 15.9 Å². The van der Waals surface area contributed by atoms with Gasteiger partial charge in [0, 0.05) is 0 Å². The zero-order chi connectivity index (χ0) is 15.2. The number of fused-ring (bicyclic) bond motifs is 1. The summed E-state index contributed by atoms with van der Waals surface area (Å²) in [5.74, 6) is -1.07. The molecule has 2 aliphatic rings. The van der Waals surface area contributed by atoms with Crippen LogP contribution < -0.4 is 5.32 Å². The van der Waals surface area contributed by atoms with E-state index in [0.717, 1.165) is 4.31 Å². The second kappa shape index (κ2) is 5.10. The predicted molar refractivity (Wildman–Crippen MR) is 78.3 cm³/mol. The summed E-state index contributed by atoms with van der Waals surface area (Å²) in [4.78, 5) is 24.4. The number of hydrogen-bond donors (Lipinski definition) is 1. The van der Waals surface area contributed by atoms with E-state index in [1.54, 1.807) is 12.1 Å². The summed E-state index contributed by atoms with van der Waals surface area (Å²) in [6.45, 7) is 0. The Bertz CT molecular complexity index is 719. The molecule has 0 saturated carbocycles. The van der Waals surface area contributed by atoms with Crippen molar-refractivity contribution in [3.05, 3.63) is 29.8 Å². The number of carbonyl (C=O) groups excluding carboxylic acids is 2. The Labute approximate surface area is 130 Å². The van der Waals surface area contributed by atoms with Crippen molar-refractivity contribution in [2.45, 2.75) is 35.2 Å². The van der Waals surface area contributed by atoms with E-state index >= 15 is 0 Å². The minimum absolute atomic E-state index is 0.0255. The van der Waals surface area contributed by atoms with E-state index in [0.29, 0.717) is 19.3 Å². The Kier molecular flexibility index (Phi) is 3.53. The number of amides is 2. The number of hydrogen-bond acceptors (Lipinski definition) is 4. The van der Waals surface area contributed by atoms with Gasteiger partial charge in [-0.3, -0.25) is 9.59 Å². The smallest absolute Gasteiger partial charge is 0.269 e. The van der Waals surface area contributed by atoms with Crippen LogP contribution in [-0.2, 0) is 14.8 Å². The molecule has 21 heavy (non-hydrogen) atoms. The Morgan fingerprint density at radius 1 is 1.19 bits per heavy atom. The van der Waals surface area contributed by atoms with Gasteiger partial charge in [-0.2, -0.15) is 0 Å². The van der Waals surface area contributed by atoms with Crippen LogP contribution in [0, 0.1) is 0 Å². The number of sulfonamides is 1. The minimum Gasteiger partial charge on any atom is -0.342 e. The van der Waals surface area contributed by atoms with Crippen LogP contribution >= 0.6 is 15.9 Å². The predicted octanol–water partition coefficient (Wildman–Crippen LogP) is 1.22. The molecule has 2 unspecified atom stereocenters. The quantitative estimate of drug-likeness (QED) is 0.593. The molecule has 0 bridgehead atoms. The lowest BCUT2D eigenvalue weighted by molar-refractivity contribution is -0.124. The second-order valence-corrected chi connectivity index (χ2v) is 7.91. The highest BCUT2D eigenvalue weighted by atomic mass is 79.9. The number of carbonyl (C=O) groups is 2. The zero-order valence-corrected chi connectivity index (χ0v) is 13.4. The summed E-state index contributed by atoms with van der Waals surface area (Å²) in [5.41, 5.74) is 0.130. The molecule has 6 nitrogen and oxygen atoms in total. The lowest BCUT2D eigenvalue weighted by atomic mass is 10.1. The van der Waals surface area contributed by atoms with E-state index < -0.39 is 27.9 Å². The third-order valence-corrected chi connectivity index (χ3v) is 6.21. The van der Waals surface area contributed by atoms with Gasteiger partial charge in [-0.15, -0.1) is 0 Å². The highest BCUT2D eigenvalue weighted by molar-refractivity contribution is 9.09. The summed E-state index contributed by atoms with van der Waals surface area (Å²) in [5, 5.41) is 2.67. The fourth-order valence-electron chi connectivity index (χ4n) is 2.68. The number of nitrogens with zero attached hydrogens (tertiary/aromatic N) is 1. The number of nitrogens with one attached hydrogen (secondary N) is 1. The van der Waals surface area contributed by atoms with E-state index in [4.69, 9.17) is 0 Å². The van der Waals surface area contributed by atoms with Crippen molar-refractivity contribution in [2.24, 2.45) is 0 Å². The number of alkyl halides is 1. The molecule has 2 heterocycles. The highest BCUT2D eigenvalue weighted by Crippen LogP contribution is 2.33. The molecule has 1 saturated heterocycles. The number of benzene rings is 1. The molecule has 0 aliphatic carbocycles. The molecule has 3 rings (SSSR count). The Morgan fingerprint density at radius 2 is 1.90 bits per heavy atom. The van der Waals surface area contributed by atoms with Gasteiger partial charge in [0.05, 0.1) is 10.5 Å². The summed E-state index contributed by atoms with van der Waals surface area (Å²) >= 11 is 3.30. The fourth-order valence-corrected chi connectivity index (χ4v) is 4.98. The van der Waals surface area contributed by atoms with Crippen LogP contribution in [0.3, 0.4) is 0 Å². The van der Waals surface area contributed by atoms with Crippen LogP contribution in [0.4, 0.5) is 0 Å². The number of rotatable bonds is 1. The third-order valence-electron chi connectivity index (χ3n) is 3.67. The van der Waals surface area contributed by atoms with Crippen LogP contribution in [0.2, 0.25) is 0 Å². The van der Waals surface area contributed by atoms with Gasteiger partial charge in [-0.1, -0.05) is 28.1 Å². The van der Waals surface area contributed by atoms with Crippen molar-refractivity contribution in [3.8, 4) is 0 Å². The first-order valence-corrected chi connectivity index (χ1v) is 8.91. The molecule has 0 spiro atoms. The van der Waals surface area contributed by atoms with Crippen LogP contribution in [0.1, 0.15) is 29.6 Å². The van der Waals surface area contributed by atoms with Crippen molar-refractivity contribution >= 4 is 37.8 Å². The third kappa shape index (κ3) is 2.26. The molecule has 2 atom stereocenters. The van der Waals surface area contributed by atoms with Gasteiger partial charge in [-0.25, -0.2) is 12.7 Å². The van der Waals surface area contributed by atoms with E-state index in [1.165, 1.54) is 12.1 Å². The van der Waals surface area contributed by atoms with Gasteiger partial charge in [0.1, 0.15) is 10.9 Å². The van der Waals surface area contributed by atoms with E-state index in [9.17, 15) is 18.0 Å². The molecule has 1 fully saturated rings. The Hall–Kier alpha value is -1.41. The summed E-state index contributed by atoms with van der Waals surface area (Å²) in [6.07, 6.45) is 1.67. The molecule has 8 heteroatoms. The zero-order valence-electron chi connectivity index (χ0n) is 11.0. The Morgan fingerprint density at radius 3 is 2.62 bits per heavy atom. The average molecular weight is 373 g/mol. The minimum atomic E-state index is -3.95. The van der Waals surface area contributed by atoms with Gasteiger partial charge in [0.2, 0.25) is 5.91 Å². The summed E-state index contributed by atoms with van der Waals surface area (Å²) in [6, 6.07) is 5.05. The maximum atomic E-state index is 12.5.